The molecule has 0 radical (unpaired) electrons. The molecule has 1 aromatic carbocycles. The number of carbonyl (C=O) groups is 2. The standard InChI is InChI=1S/C13H9Cl2NO4S2/c14-7-3-6(4-8(15)11(7)19)5-9-12(20)16(13(21)22-9)2-1-10(17)18/h3-5,19H,1-2H2,(H,17,18)/b9-5-. The van der Waals surface area contributed by atoms with Gasteiger partial charge in [0.2, 0.25) is 0 Å². The van der Waals surface area contributed by atoms with Gasteiger partial charge >= 0.3 is 5.97 Å². The van der Waals surface area contributed by atoms with Gasteiger partial charge in [-0.25, -0.2) is 0 Å². The van der Waals surface area contributed by atoms with E-state index in [2.05, 4.69) is 0 Å². The van der Waals surface area contributed by atoms with Crippen LogP contribution in [0.4, 0.5) is 0 Å². The van der Waals surface area contributed by atoms with Crippen molar-refractivity contribution in [3.8, 4) is 5.75 Å². The van der Waals surface area contributed by atoms with Gasteiger partial charge in [-0.2, -0.15) is 0 Å². The second kappa shape index (κ2) is 6.87. The average Bonchev–Trinajstić information content (AvgIpc) is 2.68. The maximum atomic E-state index is 12.2. The Hall–Kier alpha value is -1.28. The number of carbonyl (C=O) groups excluding carboxylic acids is 1. The van der Waals surface area contributed by atoms with Crippen molar-refractivity contribution in [2.24, 2.45) is 0 Å². The third-order valence-corrected chi connectivity index (χ3v) is 4.71. The van der Waals surface area contributed by atoms with Crippen LogP contribution in [0.15, 0.2) is 17.0 Å². The fourth-order valence-electron chi connectivity index (χ4n) is 1.72. The first kappa shape index (κ1) is 17.1. The van der Waals surface area contributed by atoms with Crippen molar-refractivity contribution in [3.63, 3.8) is 0 Å². The summed E-state index contributed by atoms with van der Waals surface area (Å²) in [5.41, 5.74) is 0.534. The fourth-order valence-corrected chi connectivity index (χ4v) is 3.53. The fraction of sp³-hybridized carbons (Fsp3) is 0.154. The van der Waals surface area contributed by atoms with Gasteiger partial charge in [-0.05, 0) is 23.8 Å². The molecule has 2 N–H and O–H groups in total. The lowest BCUT2D eigenvalue weighted by atomic mass is 10.2. The van der Waals surface area contributed by atoms with Crippen molar-refractivity contribution in [1.82, 2.24) is 4.90 Å². The number of nitrogens with zero attached hydrogens (tertiary/aromatic N) is 1. The lowest BCUT2D eigenvalue weighted by Crippen LogP contribution is -2.30. The van der Waals surface area contributed by atoms with Crippen LogP contribution < -0.4 is 0 Å². The molecule has 0 aromatic heterocycles. The molecule has 1 aliphatic rings. The number of hydrogen-bond donors (Lipinski definition) is 2. The second-order valence-electron chi connectivity index (χ2n) is 4.31. The topological polar surface area (TPSA) is 77.8 Å². The average molecular weight is 378 g/mol. The number of rotatable bonds is 4. The molecule has 116 valence electrons. The van der Waals surface area contributed by atoms with Gasteiger partial charge in [-0.1, -0.05) is 47.2 Å². The number of hydrogen-bond acceptors (Lipinski definition) is 5. The molecule has 0 bridgehead atoms. The van der Waals surface area contributed by atoms with E-state index in [0.29, 0.717) is 14.8 Å². The maximum absolute atomic E-state index is 12.2. The van der Waals surface area contributed by atoms with Crippen molar-refractivity contribution in [1.29, 1.82) is 0 Å². The summed E-state index contributed by atoms with van der Waals surface area (Å²) in [7, 11) is 0. The summed E-state index contributed by atoms with van der Waals surface area (Å²) >= 11 is 17.8. The molecular weight excluding hydrogens is 369 g/mol. The molecule has 1 aliphatic heterocycles. The number of benzene rings is 1. The summed E-state index contributed by atoms with van der Waals surface area (Å²) in [6, 6.07) is 2.93. The zero-order chi connectivity index (χ0) is 16.4. The first-order valence-electron chi connectivity index (χ1n) is 5.94. The first-order valence-corrected chi connectivity index (χ1v) is 7.93. The van der Waals surface area contributed by atoms with Crippen LogP contribution in [0, 0.1) is 0 Å². The number of aromatic hydroxyl groups is 1. The summed E-state index contributed by atoms with van der Waals surface area (Å²) in [5, 5.41) is 18.3. The van der Waals surface area contributed by atoms with E-state index >= 15 is 0 Å². The van der Waals surface area contributed by atoms with Crippen LogP contribution in [0.25, 0.3) is 6.08 Å². The molecule has 1 heterocycles. The minimum atomic E-state index is -1.00. The van der Waals surface area contributed by atoms with Crippen LogP contribution in [-0.4, -0.2) is 37.9 Å². The number of thiocarbonyl (C=S) groups is 1. The Morgan fingerprint density at radius 3 is 2.50 bits per heavy atom. The Balaban J connectivity index is 2.25. The zero-order valence-corrected chi connectivity index (χ0v) is 14.0. The highest BCUT2D eigenvalue weighted by Gasteiger charge is 2.32. The van der Waals surface area contributed by atoms with Crippen molar-refractivity contribution in [3.05, 3.63) is 32.6 Å². The molecule has 9 heteroatoms. The minimum Gasteiger partial charge on any atom is -0.505 e. The number of aliphatic carboxylic acids is 1. The van der Waals surface area contributed by atoms with Crippen molar-refractivity contribution in [2.45, 2.75) is 6.42 Å². The van der Waals surface area contributed by atoms with E-state index in [1.165, 1.54) is 23.1 Å². The van der Waals surface area contributed by atoms with Crippen LogP contribution in [0.1, 0.15) is 12.0 Å². The molecule has 1 fully saturated rings. The van der Waals surface area contributed by atoms with Gasteiger partial charge in [-0.3, -0.25) is 14.5 Å². The smallest absolute Gasteiger partial charge is 0.305 e. The number of carboxylic acids is 1. The monoisotopic (exact) mass is 377 g/mol. The van der Waals surface area contributed by atoms with Gasteiger partial charge in [0.15, 0.2) is 5.75 Å². The van der Waals surface area contributed by atoms with Gasteiger partial charge in [-0.15, -0.1) is 0 Å². The predicted octanol–water partition coefficient (Wildman–Crippen LogP) is 3.37. The van der Waals surface area contributed by atoms with Gasteiger partial charge in [0.25, 0.3) is 5.91 Å². The minimum absolute atomic E-state index is 0.0223. The number of halogens is 2. The van der Waals surface area contributed by atoms with E-state index in [-0.39, 0.29) is 34.7 Å². The van der Waals surface area contributed by atoms with Crippen molar-refractivity contribution >= 4 is 69.5 Å². The lowest BCUT2D eigenvalue weighted by molar-refractivity contribution is -0.137. The molecule has 0 saturated carbocycles. The normalized spacial score (nSPS) is 16.6. The Labute approximate surface area is 145 Å². The summed E-state index contributed by atoms with van der Waals surface area (Å²) in [4.78, 5) is 24.4. The molecule has 1 aromatic rings. The number of phenolic OH excluding ortho intramolecular Hbond substituents is 1. The van der Waals surface area contributed by atoms with E-state index in [1.807, 2.05) is 0 Å². The molecule has 1 amide bonds. The van der Waals surface area contributed by atoms with E-state index in [1.54, 1.807) is 0 Å². The molecule has 0 unspecified atom stereocenters. The summed E-state index contributed by atoms with van der Waals surface area (Å²) in [6.07, 6.45) is 1.36. The lowest BCUT2D eigenvalue weighted by Gasteiger charge is -2.12. The molecule has 22 heavy (non-hydrogen) atoms. The van der Waals surface area contributed by atoms with Gasteiger partial charge in [0.1, 0.15) is 4.32 Å². The van der Waals surface area contributed by atoms with Crippen LogP contribution in [0.3, 0.4) is 0 Å². The number of thioether (sulfide) groups is 1. The highest BCUT2D eigenvalue weighted by Crippen LogP contribution is 2.36. The van der Waals surface area contributed by atoms with E-state index < -0.39 is 5.97 Å². The number of amides is 1. The highest BCUT2D eigenvalue weighted by molar-refractivity contribution is 8.26. The van der Waals surface area contributed by atoms with Crippen LogP contribution in [0.2, 0.25) is 10.0 Å². The molecule has 5 nitrogen and oxygen atoms in total. The molecule has 0 aliphatic carbocycles. The zero-order valence-electron chi connectivity index (χ0n) is 10.9. The van der Waals surface area contributed by atoms with Crippen molar-refractivity contribution < 1.29 is 19.8 Å². The van der Waals surface area contributed by atoms with Gasteiger partial charge in [0, 0.05) is 6.54 Å². The number of carboxylic acid groups (broad SMARTS) is 1. The largest absolute Gasteiger partial charge is 0.505 e. The Morgan fingerprint density at radius 1 is 1.36 bits per heavy atom. The maximum Gasteiger partial charge on any atom is 0.305 e. The Morgan fingerprint density at radius 2 is 1.95 bits per heavy atom. The summed E-state index contributed by atoms with van der Waals surface area (Å²) in [5.74, 6) is -1.60. The van der Waals surface area contributed by atoms with Crippen LogP contribution in [0.5, 0.6) is 5.75 Å². The summed E-state index contributed by atoms with van der Waals surface area (Å²) in [6.45, 7) is 0.0223. The Kier molecular flexibility index (Phi) is 5.33. The molecular formula is C13H9Cl2NO4S2. The SMILES string of the molecule is O=C(O)CCN1C(=O)/C(=C/c2cc(Cl)c(O)c(Cl)c2)SC1=S. The van der Waals surface area contributed by atoms with Crippen molar-refractivity contribution in [2.75, 3.05) is 6.54 Å². The van der Waals surface area contributed by atoms with E-state index in [0.717, 1.165) is 11.8 Å². The van der Waals surface area contributed by atoms with E-state index in [4.69, 9.17) is 40.5 Å². The third kappa shape index (κ3) is 3.73. The quantitative estimate of drug-likeness (QED) is 0.618. The Bertz CT molecular complexity index is 682. The molecule has 1 saturated heterocycles. The van der Waals surface area contributed by atoms with E-state index in [9.17, 15) is 14.7 Å². The van der Waals surface area contributed by atoms with Crippen LogP contribution >= 0.6 is 47.2 Å². The van der Waals surface area contributed by atoms with Gasteiger partial charge < -0.3 is 10.2 Å². The molecule has 2 rings (SSSR count). The first-order chi connectivity index (χ1) is 10.3. The molecule has 0 spiro atoms. The predicted molar refractivity (Wildman–Crippen MR) is 90.3 cm³/mol. The molecule has 0 atom stereocenters. The van der Waals surface area contributed by atoms with Crippen LogP contribution in [-0.2, 0) is 9.59 Å². The second-order valence-corrected chi connectivity index (χ2v) is 6.80. The highest BCUT2D eigenvalue weighted by atomic mass is 35.5. The third-order valence-electron chi connectivity index (χ3n) is 2.76. The summed E-state index contributed by atoms with van der Waals surface area (Å²) < 4.78 is 0.300. The van der Waals surface area contributed by atoms with Gasteiger partial charge in [0.05, 0.1) is 21.4 Å². The number of phenols is 1.